The fraction of sp³-hybridized carbons (Fsp3) is 0.348. The molecule has 1 N–H and O–H groups in total. The van der Waals surface area contributed by atoms with Gasteiger partial charge in [-0.25, -0.2) is 4.98 Å². The van der Waals surface area contributed by atoms with Crippen molar-refractivity contribution in [3.8, 4) is 5.69 Å². The maximum atomic E-state index is 13.7. The molecular weight excluding hydrogens is 414 g/mol. The van der Waals surface area contributed by atoms with Crippen LogP contribution in [0.1, 0.15) is 34.4 Å². The molecule has 2 aromatic heterocycles. The van der Waals surface area contributed by atoms with Gasteiger partial charge < -0.3 is 5.32 Å². The van der Waals surface area contributed by atoms with Crippen LogP contribution in [0, 0.1) is 13.8 Å². The molecule has 0 bridgehead atoms. The Hall–Kier alpha value is -2.38. The molecule has 1 aromatic carbocycles. The molecule has 0 spiro atoms. The molecule has 1 amide bonds. The summed E-state index contributed by atoms with van der Waals surface area (Å²) in [6.07, 6.45) is 5.88. The first-order valence-electron chi connectivity index (χ1n) is 10.1. The quantitative estimate of drug-likeness (QED) is 0.353. The molecule has 0 saturated carbocycles. The molecule has 0 saturated heterocycles. The van der Waals surface area contributed by atoms with Crippen molar-refractivity contribution in [2.24, 2.45) is 0 Å². The zero-order chi connectivity index (χ0) is 21.3. The second kappa shape index (κ2) is 8.78. The van der Waals surface area contributed by atoms with Crippen LogP contribution in [0.25, 0.3) is 15.9 Å². The predicted octanol–water partition coefficient (Wildman–Crippen LogP) is 4.34. The molecule has 1 aliphatic rings. The smallest absolute Gasteiger partial charge is 0.267 e. The summed E-state index contributed by atoms with van der Waals surface area (Å²) in [6, 6.07) is 6.00. The van der Waals surface area contributed by atoms with Gasteiger partial charge in [-0.3, -0.25) is 14.2 Å². The van der Waals surface area contributed by atoms with E-state index >= 15 is 0 Å². The molecule has 0 unspecified atom stereocenters. The summed E-state index contributed by atoms with van der Waals surface area (Å²) in [5.41, 5.74) is 4.23. The molecule has 3 aromatic rings. The van der Waals surface area contributed by atoms with Crippen LogP contribution in [0.5, 0.6) is 0 Å². The summed E-state index contributed by atoms with van der Waals surface area (Å²) in [6.45, 7) is 8.14. The maximum Gasteiger partial charge on any atom is 0.267 e. The molecule has 7 heteroatoms. The van der Waals surface area contributed by atoms with E-state index in [0.717, 1.165) is 47.2 Å². The first kappa shape index (κ1) is 20.9. The van der Waals surface area contributed by atoms with E-state index in [-0.39, 0.29) is 17.2 Å². The van der Waals surface area contributed by atoms with E-state index in [1.54, 1.807) is 22.0 Å². The number of aryl methyl sites for hydroxylation is 4. The minimum atomic E-state index is -0.105. The van der Waals surface area contributed by atoms with E-state index < -0.39 is 0 Å². The zero-order valence-electron chi connectivity index (χ0n) is 17.3. The molecule has 4 rings (SSSR count). The average Bonchev–Trinajstić information content (AvgIpc) is 3.11. The molecule has 0 aliphatic heterocycles. The van der Waals surface area contributed by atoms with Crippen molar-refractivity contribution in [1.29, 1.82) is 0 Å². The van der Waals surface area contributed by atoms with Gasteiger partial charge in [0.25, 0.3) is 5.56 Å². The number of hydrogen-bond acceptors (Lipinski definition) is 5. The second-order valence-corrected chi connectivity index (χ2v) is 9.60. The average molecular weight is 440 g/mol. The number of nitrogens with zero attached hydrogens (tertiary/aromatic N) is 2. The number of fused-ring (bicyclic) bond motifs is 3. The molecule has 5 nitrogen and oxygen atoms in total. The highest BCUT2D eigenvalue weighted by Gasteiger charge is 2.23. The number of hydrogen-bond donors (Lipinski definition) is 1. The van der Waals surface area contributed by atoms with Gasteiger partial charge in [0.15, 0.2) is 5.16 Å². The third-order valence-corrected chi connectivity index (χ3v) is 7.61. The van der Waals surface area contributed by atoms with Crippen molar-refractivity contribution < 1.29 is 4.79 Å². The molecule has 0 radical (unpaired) electrons. The molecule has 0 fully saturated rings. The fourth-order valence-electron chi connectivity index (χ4n) is 3.74. The minimum absolute atomic E-state index is 0.0309. The lowest BCUT2D eigenvalue weighted by Crippen LogP contribution is -2.26. The predicted molar refractivity (Wildman–Crippen MR) is 125 cm³/mol. The molecule has 1 aliphatic carbocycles. The van der Waals surface area contributed by atoms with Crippen molar-refractivity contribution in [3.05, 3.63) is 62.8 Å². The summed E-state index contributed by atoms with van der Waals surface area (Å²) in [7, 11) is 0. The van der Waals surface area contributed by atoms with Gasteiger partial charge in [-0.15, -0.1) is 17.9 Å². The first-order chi connectivity index (χ1) is 14.5. The van der Waals surface area contributed by atoms with Crippen LogP contribution in [-0.4, -0.2) is 27.8 Å². The maximum absolute atomic E-state index is 13.7. The van der Waals surface area contributed by atoms with Gasteiger partial charge in [0.1, 0.15) is 4.83 Å². The van der Waals surface area contributed by atoms with Gasteiger partial charge in [-0.05, 0) is 68.4 Å². The van der Waals surface area contributed by atoms with Crippen LogP contribution < -0.4 is 10.9 Å². The fourth-order valence-corrected chi connectivity index (χ4v) is 5.89. The van der Waals surface area contributed by atoms with Crippen LogP contribution >= 0.6 is 23.1 Å². The van der Waals surface area contributed by atoms with E-state index in [1.807, 2.05) is 25.1 Å². The van der Waals surface area contributed by atoms with Gasteiger partial charge in [-0.1, -0.05) is 23.9 Å². The van der Waals surface area contributed by atoms with Gasteiger partial charge in [0.05, 0.1) is 16.8 Å². The Labute approximate surface area is 184 Å². The van der Waals surface area contributed by atoms with E-state index in [0.29, 0.717) is 11.7 Å². The highest BCUT2D eigenvalue weighted by atomic mass is 32.2. The van der Waals surface area contributed by atoms with Crippen molar-refractivity contribution in [3.63, 3.8) is 0 Å². The van der Waals surface area contributed by atoms with Gasteiger partial charge in [0.2, 0.25) is 5.91 Å². The number of thioether (sulfide) groups is 1. The largest absolute Gasteiger partial charge is 0.352 e. The number of aromatic nitrogens is 2. The lowest BCUT2D eigenvalue weighted by atomic mass is 9.97. The second-order valence-electron chi connectivity index (χ2n) is 7.58. The van der Waals surface area contributed by atoms with Crippen molar-refractivity contribution >= 4 is 39.2 Å². The SMILES string of the molecule is C=CCNC(=O)CSc1nc2sc3c(c2c(=O)n1-c1ccc(C)c(C)c1)CCCC3. The Bertz CT molecular complexity index is 1190. The highest BCUT2D eigenvalue weighted by molar-refractivity contribution is 7.99. The Morgan fingerprint density at radius 3 is 2.87 bits per heavy atom. The minimum Gasteiger partial charge on any atom is -0.352 e. The molecule has 2 heterocycles. The van der Waals surface area contributed by atoms with Crippen LogP contribution in [0.4, 0.5) is 0 Å². The first-order valence-corrected chi connectivity index (χ1v) is 11.9. The summed E-state index contributed by atoms with van der Waals surface area (Å²) in [5, 5.41) is 4.10. The molecule has 156 valence electrons. The number of amides is 1. The Kier molecular flexibility index (Phi) is 6.11. The van der Waals surface area contributed by atoms with Crippen molar-refractivity contribution in [1.82, 2.24) is 14.9 Å². The van der Waals surface area contributed by atoms with E-state index in [1.165, 1.54) is 27.8 Å². The Morgan fingerprint density at radius 2 is 2.10 bits per heavy atom. The van der Waals surface area contributed by atoms with Crippen LogP contribution in [0.15, 0.2) is 40.8 Å². The Balaban J connectivity index is 1.85. The van der Waals surface area contributed by atoms with Crippen LogP contribution in [0.3, 0.4) is 0 Å². The van der Waals surface area contributed by atoms with Gasteiger partial charge >= 0.3 is 0 Å². The van der Waals surface area contributed by atoms with E-state index in [2.05, 4.69) is 18.8 Å². The van der Waals surface area contributed by atoms with Gasteiger partial charge in [-0.2, -0.15) is 0 Å². The summed E-state index contributed by atoms with van der Waals surface area (Å²) < 4.78 is 1.68. The van der Waals surface area contributed by atoms with Crippen molar-refractivity contribution in [2.45, 2.75) is 44.7 Å². The topological polar surface area (TPSA) is 64.0 Å². The third-order valence-electron chi connectivity index (χ3n) is 5.48. The monoisotopic (exact) mass is 439 g/mol. The van der Waals surface area contributed by atoms with E-state index in [9.17, 15) is 9.59 Å². The number of thiophene rings is 1. The van der Waals surface area contributed by atoms with Crippen molar-refractivity contribution in [2.75, 3.05) is 12.3 Å². The number of benzene rings is 1. The Morgan fingerprint density at radius 1 is 1.30 bits per heavy atom. The molecule has 0 atom stereocenters. The lowest BCUT2D eigenvalue weighted by molar-refractivity contribution is -0.118. The summed E-state index contributed by atoms with van der Waals surface area (Å²) >= 11 is 2.93. The van der Waals surface area contributed by atoms with Crippen LogP contribution in [-0.2, 0) is 17.6 Å². The number of carbonyl (C=O) groups is 1. The number of rotatable bonds is 6. The van der Waals surface area contributed by atoms with Gasteiger partial charge in [0, 0.05) is 11.4 Å². The number of carbonyl (C=O) groups excluding carboxylic acids is 1. The third kappa shape index (κ3) is 3.96. The lowest BCUT2D eigenvalue weighted by Gasteiger charge is -2.14. The zero-order valence-corrected chi connectivity index (χ0v) is 18.9. The molecule has 30 heavy (non-hydrogen) atoms. The van der Waals surface area contributed by atoms with E-state index in [4.69, 9.17) is 4.98 Å². The normalized spacial score (nSPS) is 13.3. The summed E-state index contributed by atoms with van der Waals surface area (Å²) in [4.78, 5) is 32.8. The van der Waals surface area contributed by atoms with Crippen LogP contribution in [0.2, 0.25) is 0 Å². The summed E-state index contributed by atoms with van der Waals surface area (Å²) in [5.74, 6) is 0.0909. The number of nitrogens with one attached hydrogen (secondary N) is 1. The standard InChI is InChI=1S/C23H25N3O2S2/c1-4-11-24-19(27)13-29-23-25-21-20(17-7-5-6-8-18(17)30-21)22(28)26(23)16-10-9-14(2)15(3)12-16/h4,9-10,12H,1,5-8,11,13H2,2-3H3,(H,24,27). The molecular formula is C23H25N3O2S2. The highest BCUT2D eigenvalue weighted by Crippen LogP contribution is 2.35.